The second kappa shape index (κ2) is 9.75. The van der Waals surface area contributed by atoms with Crippen LogP contribution in [-0.4, -0.2) is 47.9 Å². The number of fused-ring (bicyclic) bond motifs is 1. The Balaban J connectivity index is 1.15. The number of aromatic nitrogens is 1. The molecule has 0 saturated carbocycles. The molecule has 0 atom stereocenters. The van der Waals surface area contributed by atoms with E-state index in [2.05, 4.69) is 10.2 Å². The van der Waals surface area contributed by atoms with E-state index >= 15 is 0 Å². The number of nitrogens with zero attached hydrogens (tertiary/aromatic N) is 3. The van der Waals surface area contributed by atoms with E-state index in [1.807, 2.05) is 59.5 Å². The van der Waals surface area contributed by atoms with Crippen molar-refractivity contribution < 1.29 is 9.59 Å². The number of carbonyl (C=O) groups excluding carboxylic acids is 2. The van der Waals surface area contributed by atoms with Gasteiger partial charge in [0.2, 0.25) is 11.8 Å². The van der Waals surface area contributed by atoms with Crippen LogP contribution in [0.1, 0.15) is 31.2 Å². The van der Waals surface area contributed by atoms with Gasteiger partial charge in [-0.25, -0.2) is 4.98 Å². The van der Waals surface area contributed by atoms with Crippen molar-refractivity contribution in [3.8, 4) is 0 Å². The van der Waals surface area contributed by atoms with Crippen LogP contribution in [0, 0.1) is 5.92 Å². The lowest BCUT2D eigenvalue weighted by Crippen LogP contribution is -2.40. The van der Waals surface area contributed by atoms with Gasteiger partial charge in [0.05, 0.1) is 10.2 Å². The first-order valence-corrected chi connectivity index (χ1v) is 12.5. The fourth-order valence-corrected chi connectivity index (χ4v) is 5.53. The van der Waals surface area contributed by atoms with E-state index in [1.165, 1.54) is 12.8 Å². The van der Waals surface area contributed by atoms with Crippen molar-refractivity contribution in [3.05, 3.63) is 60.2 Å². The highest BCUT2D eigenvalue weighted by Gasteiger charge is 2.27. The summed E-state index contributed by atoms with van der Waals surface area (Å²) in [5, 5.41) is 4.16. The minimum absolute atomic E-state index is 0.00200. The second-order valence-electron chi connectivity index (χ2n) is 8.71. The molecular weight excluding hydrogens is 432 g/mol. The number of amides is 2. The Morgan fingerprint density at radius 1 is 1.00 bits per heavy atom. The third-order valence-electron chi connectivity index (χ3n) is 6.42. The summed E-state index contributed by atoms with van der Waals surface area (Å²) >= 11 is 1.69. The molecule has 7 heteroatoms. The number of likely N-dealkylation sites (tertiary alicyclic amines) is 1. The van der Waals surface area contributed by atoms with Crippen LogP contribution < -0.4 is 10.2 Å². The number of piperidine rings is 1. The lowest BCUT2D eigenvalue weighted by atomic mass is 9.95. The van der Waals surface area contributed by atoms with E-state index in [1.54, 1.807) is 17.4 Å². The molecule has 5 rings (SSSR count). The Hall–Kier alpha value is -3.19. The molecule has 3 heterocycles. The van der Waals surface area contributed by atoms with E-state index in [9.17, 15) is 9.59 Å². The van der Waals surface area contributed by atoms with Gasteiger partial charge in [0, 0.05) is 43.9 Å². The Morgan fingerprint density at radius 3 is 2.52 bits per heavy atom. The van der Waals surface area contributed by atoms with Gasteiger partial charge in [-0.3, -0.25) is 9.59 Å². The topological polar surface area (TPSA) is 65.5 Å². The molecule has 2 aliphatic heterocycles. The van der Waals surface area contributed by atoms with Crippen molar-refractivity contribution in [3.63, 3.8) is 0 Å². The zero-order valence-corrected chi connectivity index (χ0v) is 19.4. The molecule has 0 radical (unpaired) electrons. The molecule has 2 aliphatic rings. The summed E-state index contributed by atoms with van der Waals surface area (Å²) in [4.78, 5) is 34.3. The quantitative estimate of drug-likeness (QED) is 0.556. The predicted molar refractivity (Wildman–Crippen MR) is 134 cm³/mol. The maximum atomic E-state index is 12.9. The summed E-state index contributed by atoms with van der Waals surface area (Å²) in [7, 11) is 0. The number of benzene rings is 2. The lowest BCUT2D eigenvalue weighted by Gasteiger charge is -2.30. The molecule has 0 bridgehead atoms. The van der Waals surface area contributed by atoms with Crippen LogP contribution in [0.15, 0.2) is 54.6 Å². The lowest BCUT2D eigenvalue weighted by molar-refractivity contribution is -0.130. The van der Waals surface area contributed by atoms with Crippen LogP contribution in [0.5, 0.6) is 0 Å². The van der Waals surface area contributed by atoms with Crippen LogP contribution >= 0.6 is 11.3 Å². The van der Waals surface area contributed by atoms with E-state index in [4.69, 9.17) is 4.98 Å². The summed E-state index contributed by atoms with van der Waals surface area (Å²) in [6.07, 6.45) is 7.27. The molecule has 1 N–H and O–H groups in total. The number of hydrogen-bond acceptors (Lipinski definition) is 5. The van der Waals surface area contributed by atoms with E-state index in [0.29, 0.717) is 25.9 Å². The summed E-state index contributed by atoms with van der Waals surface area (Å²) in [6.45, 7) is 3.35. The maximum Gasteiger partial charge on any atom is 0.246 e. The van der Waals surface area contributed by atoms with Crippen LogP contribution in [-0.2, 0) is 9.59 Å². The summed E-state index contributed by atoms with van der Waals surface area (Å²) < 4.78 is 1.10. The van der Waals surface area contributed by atoms with Gasteiger partial charge in [-0.05, 0) is 55.5 Å². The summed E-state index contributed by atoms with van der Waals surface area (Å²) in [5.74, 6) is -0.0443. The Morgan fingerprint density at radius 2 is 1.76 bits per heavy atom. The monoisotopic (exact) mass is 460 g/mol. The highest BCUT2D eigenvalue weighted by Crippen LogP contribution is 2.32. The molecular formula is C26H28N4O2S. The van der Waals surface area contributed by atoms with Gasteiger partial charge in [-0.1, -0.05) is 41.7 Å². The first-order chi connectivity index (χ1) is 16.2. The second-order valence-corrected chi connectivity index (χ2v) is 9.72. The zero-order chi connectivity index (χ0) is 22.6. The zero-order valence-electron chi connectivity index (χ0n) is 18.6. The fraction of sp³-hybridized carbons (Fsp3) is 0.346. The van der Waals surface area contributed by atoms with E-state index in [-0.39, 0.29) is 17.7 Å². The van der Waals surface area contributed by atoms with Crippen molar-refractivity contribution >= 4 is 50.3 Å². The summed E-state index contributed by atoms with van der Waals surface area (Å²) in [5.41, 5.74) is 2.80. The molecule has 170 valence electrons. The average molecular weight is 461 g/mol. The molecule has 1 aromatic heterocycles. The normalized spacial score (nSPS) is 17.2. The molecule has 33 heavy (non-hydrogen) atoms. The van der Waals surface area contributed by atoms with Gasteiger partial charge in [-0.15, -0.1) is 0 Å². The predicted octanol–water partition coefficient (Wildman–Crippen LogP) is 4.79. The van der Waals surface area contributed by atoms with Crippen molar-refractivity contribution in [2.75, 3.05) is 36.4 Å². The first kappa shape index (κ1) is 21.6. The molecule has 2 amide bonds. The Kier molecular flexibility index (Phi) is 6.39. The van der Waals surface area contributed by atoms with Crippen LogP contribution in [0.3, 0.4) is 0 Å². The van der Waals surface area contributed by atoms with Gasteiger partial charge in [0.25, 0.3) is 0 Å². The number of carbonyl (C=O) groups is 2. The number of hydrogen-bond donors (Lipinski definition) is 1. The molecule has 2 aromatic carbocycles. The fourth-order valence-electron chi connectivity index (χ4n) is 4.48. The van der Waals surface area contributed by atoms with Gasteiger partial charge in [0.15, 0.2) is 5.13 Å². The van der Waals surface area contributed by atoms with Crippen molar-refractivity contribution in [1.29, 1.82) is 0 Å². The average Bonchev–Trinajstić information content (AvgIpc) is 3.53. The number of thiazole rings is 1. The van der Waals surface area contributed by atoms with Crippen molar-refractivity contribution in [2.45, 2.75) is 25.7 Å². The molecule has 0 aliphatic carbocycles. The third kappa shape index (κ3) is 5.09. The molecule has 6 nitrogen and oxygen atoms in total. The van der Waals surface area contributed by atoms with E-state index in [0.717, 1.165) is 39.7 Å². The maximum absolute atomic E-state index is 12.9. The number of nitrogens with one attached hydrogen (secondary N) is 1. The first-order valence-electron chi connectivity index (χ1n) is 11.6. The number of anilines is 2. The third-order valence-corrected chi connectivity index (χ3v) is 7.50. The molecule has 2 saturated heterocycles. The van der Waals surface area contributed by atoms with Crippen LogP contribution in [0.25, 0.3) is 16.3 Å². The van der Waals surface area contributed by atoms with Crippen molar-refractivity contribution in [2.24, 2.45) is 5.92 Å². The van der Waals surface area contributed by atoms with Gasteiger partial charge in [-0.2, -0.15) is 0 Å². The SMILES string of the molecule is O=C(Nc1ccc2nc(N3CCCC3)sc2c1)C1CCN(C(=O)/C=C/c2ccccc2)CC1. The standard InChI is InChI=1S/C26H28N4O2S/c31-24(11-8-19-6-2-1-3-7-19)29-16-12-20(13-17-29)25(32)27-21-9-10-22-23(18-21)33-26(28-22)30-14-4-5-15-30/h1-3,6-11,18,20H,4-5,12-17H2,(H,27,32)/b11-8+. The minimum atomic E-state index is -0.0792. The Labute approximate surface area is 197 Å². The van der Waals surface area contributed by atoms with Gasteiger partial charge >= 0.3 is 0 Å². The van der Waals surface area contributed by atoms with Crippen LogP contribution in [0.2, 0.25) is 0 Å². The highest BCUT2D eigenvalue weighted by molar-refractivity contribution is 7.22. The van der Waals surface area contributed by atoms with E-state index < -0.39 is 0 Å². The Bertz CT molecular complexity index is 1160. The van der Waals surface area contributed by atoms with Gasteiger partial charge < -0.3 is 15.1 Å². The minimum Gasteiger partial charge on any atom is -0.348 e. The van der Waals surface area contributed by atoms with Crippen molar-refractivity contribution in [1.82, 2.24) is 9.88 Å². The smallest absolute Gasteiger partial charge is 0.246 e. The van der Waals surface area contributed by atoms with Gasteiger partial charge in [0.1, 0.15) is 0 Å². The largest absolute Gasteiger partial charge is 0.348 e. The molecule has 0 unspecified atom stereocenters. The summed E-state index contributed by atoms with van der Waals surface area (Å²) in [6, 6.07) is 15.7. The molecule has 0 spiro atoms. The molecule has 2 fully saturated rings. The molecule has 3 aromatic rings. The number of rotatable bonds is 5. The van der Waals surface area contributed by atoms with Crippen LogP contribution in [0.4, 0.5) is 10.8 Å². The highest BCUT2D eigenvalue weighted by atomic mass is 32.1.